The van der Waals surface area contributed by atoms with Crippen LogP contribution in [0.4, 0.5) is 5.69 Å². The van der Waals surface area contributed by atoms with Crippen molar-refractivity contribution in [3.8, 4) is 11.5 Å². The Hall–Kier alpha value is -2.76. The second-order valence-corrected chi connectivity index (χ2v) is 4.69. The van der Waals surface area contributed by atoms with Gasteiger partial charge >= 0.3 is 0 Å². The molecule has 0 saturated heterocycles. The van der Waals surface area contributed by atoms with Crippen LogP contribution in [0.2, 0.25) is 0 Å². The van der Waals surface area contributed by atoms with E-state index in [1.807, 2.05) is 30.3 Å². The summed E-state index contributed by atoms with van der Waals surface area (Å²) in [6.07, 6.45) is 0. The molecule has 1 atom stereocenters. The Balaban J connectivity index is 2.29. The zero-order chi connectivity index (χ0) is 15.9. The number of anilines is 1. The quantitative estimate of drug-likeness (QED) is 0.628. The Kier molecular flexibility index (Phi) is 5.19. The summed E-state index contributed by atoms with van der Waals surface area (Å²) in [5, 5.41) is 14.1. The van der Waals surface area contributed by atoms with Crippen LogP contribution >= 0.6 is 0 Å². The molecule has 1 N–H and O–H groups in total. The van der Waals surface area contributed by atoms with Gasteiger partial charge < -0.3 is 14.8 Å². The van der Waals surface area contributed by atoms with Gasteiger partial charge in [-0.25, -0.2) is 0 Å². The fourth-order valence-corrected chi connectivity index (χ4v) is 2.17. The normalized spacial score (nSPS) is 11.5. The van der Waals surface area contributed by atoms with E-state index in [4.69, 9.17) is 9.47 Å². The number of nitrogens with zero attached hydrogens (tertiary/aromatic N) is 1. The molecule has 0 aliphatic rings. The van der Waals surface area contributed by atoms with E-state index in [1.54, 1.807) is 32.4 Å². The van der Waals surface area contributed by atoms with E-state index >= 15 is 0 Å². The lowest BCUT2D eigenvalue weighted by Gasteiger charge is -2.19. The summed E-state index contributed by atoms with van der Waals surface area (Å²) in [6, 6.07) is 14.2. The van der Waals surface area contributed by atoms with E-state index in [2.05, 4.69) is 5.32 Å². The van der Waals surface area contributed by atoms with E-state index in [-0.39, 0.29) is 11.5 Å². The monoisotopic (exact) mass is 302 g/mol. The van der Waals surface area contributed by atoms with Crippen LogP contribution in [-0.4, -0.2) is 25.7 Å². The standard InChI is InChI=1S/C16H18N2O4/c1-21-13-8-9-14(16(10-13)22-2)17-15(11-18(19)20)12-6-4-3-5-7-12/h3-10,15,17H,11H2,1-2H3/t15-/m0/s1. The second-order valence-electron chi connectivity index (χ2n) is 4.69. The molecule has 116 valence electrons. The van der Waals surface area contributed by atoms with Crippen molar-refractivity contribution in [1.82, 2.24) is 0 Å². The summed E-state index contributed by atoms with van der Waals surface area (Å²) in [5.74, 6) is 1.23. The summed E-state index contributed by atoms with van der Waals surface area (Å²) in [7, 11) is 3.12. The molecule has 2 rings (SSSR count). The summed E-state index contributed by atoms with van der Waals surface area (Å²) >= 11 is 0. The van der Waals surface area contributed by atoms with Crippen molar-refractivity contribution in [1.29, 1.82) is 0 Å². The van der Waals surface area contributed by atoms with Crippen molar-refractivity contribution >= 4 is 5.69 Å². The van der Waals surface area contributed by atoms with Gasteiger partial charge in [-0.1, -0.05) is 30.3 Å². The minimum absolute atomic E-state index is 0.223. The van der Waals surface area contributed by atoms with Crippen LogP contribution in [0.3, 0.4) is 0 Å². The van der Waals surface area contributed by atoms with Crippen LogP contribution in [0.25, 0.3) is 0 Å². The number of hydrogen-bond acceptors (Lipinski definition) is 5. The lowest BCUT2D eigenvalue weighted by molar-refractivity contribution is -0.482. The Bertz CT molecular complexity index is 631. The Morgan fingerprint density at radius 1 is 1.14 bits per heavy atom. The molecule has 0 saturated carbocycles. The first kappa shape index (κ1) is 15.6. The third-order valence-corrected chi connectivity index (χ3v) is 3.27. The van der Waals surface area contributed by atoms with E-state index in [0.29, 0.717) is 17.2 Å². The molecule has 2 aromatic rings. The molecule has 6 nitrogen and oxygen atoms in total. The zero-order valence-corrected chi connectivity index (χ0v) is 12.5. The van der Waals surface area contributed by atoms with Crippen LogP contribution in [0.15, 0.2) is 48.5 Å². The maximum Gasteiger partial charge on any atom is 0.227 e. The number of methoxy groups -OCH3 is 2. The number of hydrogen-bond donors (Lipinski definition) is 1. The van der Waals surface area contributed by atoms with Gasteiger partial charge in [0.25, 0.3) is 0 Å². The number of benzene rings is 2. The molecule has 0 unspecified atom stereocenters. The first-order valence-corrected chi connectivity index (χ1v) is 6.79. The topological polar surface area (TPSA) is 73.6 Å². The number of ether oxygens (including phenoxy) is 2. The van der Waals surface area contributed by atoms with Crippen molar-refractivity contribution in [3.63, 3.8) is 0 Å². The molecule has 0 radical (unpaired) electrons. The third-order valence-electron chi connectivity index (χ3n) is 3.27. The fraction of sp³-hybridized carbons (Fsp3) is 0.250. The third kappa shape index (κ3) is 3.88. The van der Waals surface area contributed by atoms with E-state index in [1.165, 1.54) is 0 Å². The van der Waals surface area contributed by atoms with Crippen LogP contribution in [0.5, 0.6) is 11.5 Å². The van der Waals surface area contributed by atoms with Crippen LogP contribution in [-0.2, 0) is 0 Å². The maximum atomic E-state index is 10.9. The Morgan fingerprint density at radius 2 is 1.86 bits per heavy atom. The maximum absolute atomic E-state index is 10.9. The SMILES string of the molecule is COc1ccc(N[C@@H](C[N+](=O)[O-])c2ccccc2)c(OC)c1. The van der Waals surface area contributed by atoms with Crippen LogP contribution in [0, 0.1) is 10.1 Å². The molecule has 0 amide bonds. The predicted molar refractivity (Wildman–Crippen MR) is 84.2 cm³/mol. The van der Waals surface area contributed by atoms with E-state index in [9.17, 15) is 10.1 Å². The van der Waals surface area contributed by atoms with Crippen LogP contribution < -0.4 is 14.8 Å². The smallest absolute Gasteiger partial charge is 0.227 e. The highest BCUT2D eigenvalue weighted by atomic mass is 16.6. The number of nitro groups is 1. The molecule has 0 aromatic heterocycles. The van der Waals surface area contributed by atoms with Crippen molar-refractivity contribution < 1.29 is 14.4 Å². The minimum Gasteiger partial charge on any atom is -0.497 e. The largest absolute Gasteiger partial charge is 0.497 e. The average Bonchev–Trinajstić information content (AvgIpc) is 2.55. The summed E-state index contributed by atoms with van der Waals surface area (Å²) in [6.45, 7) is -0.223. The molecule has 2 aromatic carbocycles. The zero-order valence-electron chi connectivity index (χ0n) is 12.5. The predicted octanol–water partition coefficient (Wildman–Crippen LogP) is 3.13. The lowest BCUT2D eigenvalue weighted by Crippen LogP contribution is -2.20. The van der Waals surface area contributed by atoms with Gasteiger partial charge in [-0.05, 0) is 17.7 Å². The van der Waals surface area contributed by atoms with Gasteiger partial charge in [-0.2, -0.15) is 0 Å². The lowest BCUT2D eigenvalue weighted by atomic mass is 10.1. The highest BCUT2D eigenvalue weighted by molar-refractivity contribution is 5.60. The van der Waals surface area contributed by atoms with Gasteiger partial charge in [0.15, 0.2) is 0 Å². The number of nitrogens with one attached hydrogen (secondary N) is 1. The highest BCUT2D eigenvalue weighted by Gasteiger charge is 2.19. The van der Waals surface area contributed by atoms with Crippen LogP contribution in [0.1, 0.15) is 11.6 Å². The van der Waals surface area contributed by atoms with Gasteiger partial charge in [0.2, 0.25) is 6.54 Å². The van der Waals surface area contributed by atoms with E-state index < -0.39 is 6.04 Å². The summed E-state index contributed by atoms with van der Waals surface area (Å²) in [5.41, 5.74) is 1.52. The minimum atomic E-state index is -0.446. The Morgan fingerprint density at radius 3 is 2.45 bits per heavy atom. The second kappa shape index (κ2) is 7.31. The molecule has 22 heavy (non-hydrogen) atoms. The van der Waals surface area contributed by atoms with Crippen molar-refractivity contribution in [2.45, 2.75) is 6.04 Å². The molecule has 0 bridgehead atoms. The molecular formula is C16H18N2O4. The number of rotatable bonds is 7. The van der Waals surface area contributed by atoms with Gasteiger partial charge in [-0.3, -0.25) is 10.1 Å². The highest BCUT2D eigenvalue weighted by Crippen LogP contribution is 2.32. The summed E-state index contributed by atoms with van der Waals surface area (Å²) in [4.78, 5) is 10.6. The van der Waals surface area contributed by atoms with Gasteiger partial charge in [0.05, 0.1) is 19.9 Å². The molecule has 6 heteroatoms. The van der Waals surface area contributed by atoms with Crippen molar-refractivity contribution in [3.05, 3.63) is 64.2 Å². The van der Waals surface area contributed by atoms with Crippen molar-refractivity contribution in [2.24, 2.45) is 0 Å². The van der Waals surface area contributed by atoms with Gasteiger partial charge in [0.1, 0.15) is 17.5 Å². The molecule has 0 fully saturated rings. The molecule has 0 heterocycles. The first-order chi connectivity index (χ1) is 10.6. The fourth-order valence-electron chi connectivity index (χ4n) is 2.17. The molecule has 0 spiro atoms. The molecule has 0 aliphatic carbocycles. The van der Waals surface area contributed by atoms with E-state index in [0.717, 1.165) is 5.56 Å². The molecule has 0 aliphatic heterocycles. The Labute approximate surface area is 128 Å². The van der Waals surface area contributed by atoms with Gasteiger partial charge in [0, 0.05) is 11.0 Å². The van der Waals surface area contributed by atoms with Crippen molar-refractivity contribution in [2.75, 3.05) is 26.1 Å². The van der Waals surface area contributed by atoms with Gasteiger partial charge in [-0.15, -0.1) is 0 Å². The first-order valence-electron chi connectivity index (χ1n) is 6.79. The summed E-state index contributed by atoms with van der Waals surface area (Å²) < 4.78 is 10.5. The molecular weight excluding hydrogens is 284 g/mol. The average molecular weight is 302 g/mol.